The van der Waals surface area contributed by atoms with Gasteiger partial charge in [0.25, 0.3) is 5.91 Å². The maximum Gasteiger partial charge on any atom is 0.350 e. The van der Waals surface area contributed by atoms with Crippen LogP contribution in [0.2, 0.25) is 0 Å². The summed E-state index contributed by atoms with van der Waals surface area (Å²) in [6.45, 7) is 6.64. The van der Waals surface area contributed by atoms with Gasteiger partial charge in [0.15, 0.2) is 0 Å². The summed E-state index contributed by atoms with van der Waals surface area (Å²) in [6.07, 6.45) is -1.77. The smallest absolute Gasteiger partial charge is 0.350 e. The molecule has 2 aromatic carbocycles. The van der Waals surface area contributed by atoms with E-state index in [-0.39, 0.29) is 22.9 Å². The second kappa shape index (κ2) is 8.71. The molecule has 0 fully saturated rings. The van der Waals surface area contributed by atoms with E-state index in [0.717, 1.165) is 29.3 Å². The number of ether oxygens (including phenoxy) is 1. The van der Waals surface area contributed by atoms with Crippen molar-refractivity contribution in [3.63, 3.8) is 0 Å². The van der Waals surface area contributed by atoms with Gasteiger partial charge in [0.05, 0.1) is 5.56 Å². The van der Waals surface area contributed by atoms with Gasteiger partial charge in [-0.15, -0.1) is 5.10 Å². The molecule has 1 N–H and O–H groups in total. The number of halogens is 2. The third-order valence-electron chi connectivity index (χ3n) is 4.74. The Bertz CT molecular complexity index is 1180. The molecule has 0 bridgehead atoms. The van der Waals surface area contributed by atoms with Crippen molar-refractivity contribution >= 4 is 11.6 Å². The summed E-state index contributed by atoms with van der Waals surface area (Å²) in [5.74, 6) is -1.38. The van der Waals surface area contributed by atoms with E-state index in [0.29, 0.717) is 11.5 Å². The van der Waals surface area contributed by atoms with Crippen LogP contribution in [-0.4, -0.2) is 26.6 Å². The first-order chi connectivity index (χ1) is 14.6. The maximum atomic E-state index is 15.0. The molecular weight excluding hydrogens is 406 g/mol. The Morgan fingerprint density at radius 1 is 1.19 bits per heavy atom. The normalized spacial score (nSPS) is 12.1. The number of hydrogen-bond acceptors (Lipinski definition) is 4. The highest BCUT2D eigenvalue weighted by Crippen LogP contribution is 2.28. The number of para-hydroxylation sites is 1. The molecule has 164 valence electrons. The number of carbonyl (C=O) groups is 1. The van der Waals surface area contributed by atoms with E-state index >= 15 is 4.39 Å². The zero-order valence-electron chi connectivity index (χ0n) is 17.9. The maximum absolute atomic E-state index is 15.0. The molecule has 1 heterocycles. The molecule has 0 saturated carbocycles. The molecule has 3 rings (SSSR count). The minimum Gasteiger partial charge on any atom is -0.460 e. The van der Waals surface area contributed by atoms with Crippen LogP contribution >= 0.6 is 0 Å². The summed E-state index contributed by atoms with van der Waals surface area (Å²) < 4.78 is 36.0. The highest BCUT2D eigenvalue weighted by molar-refractivity contribution is 6.06. The molecule has 9 heteroatoms. The first kappa shape index (κ1) is 22.2. The lowest BCUT2D eigenvalue weighted by molar-refractivity contribution is 0.0829. The van der Waals surface area contributed by atoms with Gasteiger partial charge in [-0.25, -0.2) is 13.6 Å². The second-order valence-electron chi connectivity index (χ2n) is 7.50. The number of aryl methyl sites for hydroxylation is 1. The molecule has 0 aliphatic rings. The Labute approximate surface area is 178 Å². The minimum atomic E-state index is -1.77. The van der Waals surface area contributed by atoms with Crippen molar-refractivity contribution in [2.45, 2.75) is 40.0 Å². The van der Waals surface area contributed by atoms with Crippen LogP contribution in [-0.2, 0) is 7.05 Å². The fourth-order valence-electron chi connectivity index (χ4n) is 3.17. The monoisotopic (exact) mass is 430 g/mol. The van der Waals surface area contributed by atoms with Crippen molar-refractivity contribution in [2.75, 3.05) is 5.32 Å². The lowest BCUT2D eigenvalue weighted by atomic mass is 10.1. The standard InChI is InChI=1S/C22H24F2N4O3/c1-12(2)20-26-28(22(30)27(20)5)18-11-19(31-14(4)23)15(10-16(18)24)21(29)25-17-9-7-6-8-13(17)3/h6-12,14H,1-5H3,(H,25,29). The van der Waals surface area contributed by atoms with E-state index in [1.165, 1.54) is 11.6 Å². The van der Waals surface area contributed by atoms with Gasteiger partial charge in [-0.1, -0.05) is 32.0 Å². The van der Waals surface area contributed by atoms with Crippen molar-refractivity contribution in [3.8, 4) is 11.4 Å². The third-order valence-corrected chi connectivity index (χ3v) is 4.74. The van der Waals surface area contributed by atoms with Crippen LogP contribution in [0.25, 0.3) is 5.69 Å². The van der Waals surface area contributed by atoms with Crippen molar-refractivity contribution in [3.05, 3.63) is 69.7 Å². The average molecular weight is 430 g/mol. The van der Waals surface area contributed by atoms with Gasteiger partial charge in [0, 0.05) is 31.6 Å². The number of anilines is 1. The number of nitrogens with one attached hydrogen (secondary N) is 1. The third kappa shape index (κ3) is 4.50. The quantitative estimate of drug-likeness (QED) is 0.639. The molecule has 0 aliphatic carbocycles. The van der Waals surface area contributed by atoms with Gasteiger partial charge in [0.2, 0.25) is 6.36 Å². The fraction of sp³-hybridized carbons (Fsp3) is 0.318. The minimum absolute atomic E-state index is 0.0808. The molecule has 3 aromatic rings. The van der Waals surface area contributed by atoms with Gasteiger partial charge in [-0.3, -0.25) is 9.36 Å². The molecule has 1 aromatic heterocycles. The number of amides is 1. The topological polar surface area (TPSA) is 78.2 Å². The van der Waals surface area contributed by atoms with Crippen LogP contribution in [0.5, 0.6) is 5.75 Å². The Hall–Kier alpha value is -3.49. The zero-order valence-corrected chi connectivity index (χ0v) is 17.9. The SMILES string of the molecule is Cc1ccccc1NC(=O)c1cc(F)c(-n2nc(C(C)C)n(C)c2=O)cc1OC(C)F. The lowest BCUT2D eigenvalue weighted by Gasteiger charge is -2.15. The predicted octanol–water partition coefficient (Wildman–Crippen LogP) is 4.09. The largest absolute Gasteiger partial charge is 0.460 e. The highest BCUT2D eigenvalue weighted by atomic mass is 19.1. The van der Waals surface area contributed by atoms with E-state index < -0.39 is 23.8 Å². The molecule has 1 unspecified atom stereocenters. The van der Waals surface area contributed by atoms with E-state index in [4.69, 9.17) is 4.74 Å². The molecule has 7 nitrogen and oxygen atoms in total. The number of alkyl halides is 1. The van der Waals surface area contributed by atoms with Crippen molar-refractivity contribution in [2.24, 2.45) is 7.05 Å². The van der Waals surface area contributed by atoms with E-state index in [9.17, 15) is 14.0 Å². The number of nitrogens with zero attached hydrogens (tertiary/aromatic N) is 3. The van der Waals surface area contributed by atoms with Gasteiger partial charge >= 0.3 is 5.69 Å². The molecule has 0 radical (unpaired) electrons. The van der Waals surface area contributed by atoms with Gasteiger partial charge in [-0.05, 0) is 24.6 Å². The van der Waals surface area contributed by atoms with Gasteiger partial charge in [0.1, 0.15) is 23.1 Å². The van der Waals surface area contributed by atoms with E-state index in [2.05, 4.69) is 10.4 Å². The first-order valence-electron chi connectivity index (χ1n) is 9.77. The van der Waals surface area contributed by atoms with Gasteiger partial charge in [-0.2, -0.15) is 4.68 Å². The zero-order chi connectivity index (χ0) is 22.9. The Morgan fingerprint density at radius 2 is 1.87 bits per heavy atom. The highest BCUT2D eigenvalue weighted by Gasteiger charge is 2.23. The van der Waals surface area contributed by atoms with E-state index in [1.54, 1.807) is 25.1 Å². The molecule has 1 atom stereocenters. The van der Waals surface area contributed by atoms with Crippen LogP contribution in [0.1, 0.15) is 48.4 Å². The van der Waals surface area contributed by atoms with Crippen LogP contribution in [0.4, 0.5) is 14.5 Å². The summed E-state index contributed by atoms with van der Waals surface area (Å²) >= 11 is 0. The van der Waals surface area contributed by atoms with Crippen molar-refractivity contribution in [1.82, 2.24) is 14.3 Å². The second-order valence-corrected chi connectivity index (χ2v) is 7.50. The van der Waals surface area contributed by atoms with Crippen LogP contribution in [0.3, 0.4) is 0 Å². The Kier molecular flexibility index (Phi) is 6.24. The number of hydrogen-bond donors (Lipinski definition) is 1. The number of benzene rings is 2. The number of aromatic nitrogens is 3. The predicted molar refractivity (Wildman–Crippen MR) is 113 cm³/mol. The molecule has 0 saturated heterocycles. The van der Waals surface area contributed by atoms with E-state index in [1.807, 2.05) is 19.9 Å². The Morgan fingerprint density at radius 3 is 2.45 bits per heavy atom. The van der Waals surface area contributed by atoms with Crippen molar-refractivity contribution in [1.29, 1.82) is 0 Å². The summed E-state index contributed by atoms with van der Waals surface area (Å²) in [6, 6.07) is 9.08. The molecule has 31 heavy (non-hydrogen) atoms. The lowest BCUT2D eigenvalue weighted by Crippen LogP contribution is -2.24. The first-order valence-corrected chi connectivity index (χ1v) is 9.77. The van der Waals surface area contributed by atoms with Crippen LogP contribution in [0.15, 0.2) is 41.2 Å². The fourth-order valence-corrected chi connectivity index (χ4v) is 3.17. The Balaban J connectivity index is 2.10. The number of rotatable bonds is 6. The number of carbonyl (C=O) groups excluding carboxylic acids is 1. The summed E-state index contributed by atoms with van der Waals surface area (Å²) in [4.78, 5) is 25.4. The summed E-state index contributed by atoms with van der Waals surface area (Å²) in [5, 5.41) is 6.86. The molecule has 0 spiro atoms. The van der Waals surface area contributed by atoms with Crippen LogP contribution in [0, 0.1) is 12.7 Å². The van der Waals surface area contributed by atoms with Gasteiger partial charge < -0.3 is 10.1 Å². The van der Waals surface area contributed by atoms with Crippen molar-refractivity contribution < 1.29 is 18.3 Å². The summed E-state index contributed by atoms with van der Waals surface area (Å²) in [5.41, 5.74) is 0.311. The molecule has 0 aliphatic heterocycles. The molecular formula is C22H24F2N4O3. The average Bonchev–Trinajstić information content (AvgIpc) is 2.99. The summed E-state index contributed by atoms with van der Waals surface area (Å²) in [7, 11) is 1.53. The van der Waals surface area contributed by atoms with Crippen LogP contribution < -0.4 is 15.7 Å². The molecule has 1 amide bonds.